The Kier molecular flexibility index (Phi) is 4.12. The molecule has 148 valence electrons. The van der Waals surface area contributed by atoms with Gasteiger partial charge in [0, 0.05) is 9.86 Å². The van der Waals surface area contributed by atoms with Gasteiger partial charge in [-0.2, -0.15) is 0 Å². The predicted molar refractivity (Wildman–Crippen MR) is 129 cm³/mol. The van der Waals surface area contributed by atoms with Crippen molar-refractivity contribution < 1.29 is 4.39 Å². The van der Waals surface area contributed by atoms with E-state index in [9.17, 15) is 0 Å². The monoisotopic (exact) mass is 464 g/mol. The van der Waals surface area contributed by atoms with Crippen molar-refractivity contribution in [3.63, 3.8) is 0 Å². The topological polar surface area (TPSA) is 0 Å². The lowest BCUT2D eigenvalue weighted by atomic mass is 9.67. The lowest BCUT2D eigenvalue weighted by molar-refractivity contribution is 0.633. The van der Waals surface area contributed by atoms with Crippen LogP contribution in [0.2, 0.25) is 0 Å². The summed E-state index contributed by atoms with van der Waals surface area (Å²) in [6, 6.07) is 36.9. The lowest BCUT2D eigenvalue weighted by Crippen LogP contribution is -2.28. The van der Waals surface area contributed by atoms with Gasteiger partial charge in [0.25, 0.3) is 0 Å². The molecule has 31 heavy (non-hydrogen) atoms. The molecule has 6 rings (SSSR count). The van der Waals surface area contributed by atoms with Crippen LogP contribution in [0.3, 0.4) is 0 Å². The second kappa shape index (κ2) is 6.90. The lowest BCUT2D eigenvalue weighted by Gasteiger charge is -2.34. The van der Waals surface area contributed by atoms with E-state index in [1.807, 2.05) is 36.4 Å². The highest BCUT2D eigenvalue weighted by molar-refractivity contribution is 9.10. The number of fused-ring (bicyclic) bond motifs is 5. The Morgan fingerprint density at radius 1 is 0.581 bits per heavy atom. The van der Waals surface area contributed by atoms with E-state index in [0.29, 0.717) is 5.39 Å². The number of hydrogen-bond acceptors (Lipinski definition) is 0. The van der Waals surface area contributed by atoms with Gasteiger partial charge in [-0.1, -0.05) is 107 Å². The molecule has 0 bridgehead atoms. The quantitative estimate of drug-likeness (QED) is 0.242. The molecule has 1 aliphatic carbocycles. The second-order valence-corrected chi connectivity index (χ2v) is 8.91. The second-order valence-electron chi connectivity index (χ2n) is 8.00. The highest BCUT2D eigenvalue weighted by Gasteiger charge is 2.47. The van der Waals surface area contributed by atoms with Gasteiger partial charge in [0.1, 0.15) is 5.82 Å². The average Bonchev–Trinajstić information content (AvgIpc) is 3.10. The van der Waals surface area contributed by atoms with Crippen molar-refractivity contribution in [3.05, 3.63) is 142 Å². The molecule has 0 aromatic heterocycles. The van der Waals surface area contributed by atoms with E-state index in [-0.39, 0.29) is 5.82 Å². The van der Waals surface area contributed by atoms with Crippen LogP contribution in [0.15, 0.2) is 114 Å². The standard InChI is InChI=1S/C29H18BrF/c30-21-15-16-24-25(17-21)29(19-9-3-1-4-10-19,20-11-5-2-6-12-20)26-18-27(31)22-13-7-8-14-23(22)28(24)26/h1-18H. The highest BCUT2D eigenvalue weighted by atomic mass is 79.9. The van der Waals surface area contributed by atoms with Crippen LogP contribution in [0, 0.1) is 5.82 Å². The van der Waals surface area contributed by atoms with Crippen LogP contribution >= 0.6 is 15.9 Å². The maximum absolute atomic E-state index is 15.5. The average molecular weight is 465 g/mol. The Balaban J connectivity index is 1.88. The minimum absolute atomic E-state index is 0.183. The maximum Gasteiger partial charge on any atom is 0.131 e. The van der Waals surface area contributed by atoms with Crippen molar-refractivity contribution in [3.8, 4) is 11.1 Å². The molecule has 0 N–H and O–H groups in total. The van der Waals surface area contributed by atoms with Gasteiger partial charge in [0.2, 0.25) is 0 Å². The number of rotatable bonds is 2. The molecule has 0 fully saturated rings. The Morgan fingerprint density at radius 3 is 1.81 bits per heavy atom. The van der Waals surface area contributed by atoms with Gasteiger partial charge in [0.15, 0.2) is 0 Å². The van der Waals surface area contributed by atoms with Crippen LogP contribution in [0.5, 0.6) is 0 Å². The van der Waals surface area contributed by atoms with Crippen molar-refractivity contribution in [1.29, 1.82) is 0 Å². The molecule has 5 aromatic rings. The van der Waals surface area contributed by atoms with E-state index in [2.05, 4.69) is 82.7 Å². The molecule has 0 saturated heterocycles. The zero-order valence-corrected chi connectivity index (χ0v) is 18.2. The van der Waals surface area contributed by atoms with Crippen LogP contribution in [0.1, 0.15) is 22.3 Å². The molecule has 0 heterocycles. The van der Waals surface area contributed by atoms with E-state index in [4.69, 9.17) is 0 Å². The van der Waals surface area contributed by atoms with Gasteiger partial charge in [-0.3, -0.25) is 0 Å². The molecule has 5 aromatic carbocycles. The molecule has 0 amide bonds. The first-order valence-corrected chi connectivity index (χ1v) is 11.1. The van der Waals surface area contributed by atoms with Crippen LogP contribution in [0.25, 0.3) is 21.9 Å². The fourth-order valence-electron chi connectivity index (χ4n) is 5.27. The third-order valence-corrected chi connectivity index (χ3v) is 6.96. The van der Waals surface area contributed by atoms with Crippen LogP contribution in [0.4, 0.5) is 4.39 Å². The summed E-state index contributed by atoms with van der Waals surface area (Å²) in [5, 5.41) is 1.61. The summed E-state index contributed by atoms with van der Waals surface area (Å²) in [5.41, 5.74) is 6.11. The zero-order chi connectivity index (χ0) is 21.0. The number of benzene rings is 5. The van der Waals surface area contributed by atoms with Gasteiger partial charge >= 0.3 is 0 Å². The summed E-state index contributed by atoms with van der Waals surface area (Å²) in [4.78, 5) is 0. The fraction of sp³-hybridized carbons (Fsp3) is 0.0345. The molecule has 0 unspecified atom stereocenters. The summed E-state index contributed by atoms with van der Waals surface area (Å²) in [7, 11) is 0. The Morgan fingerprint density at radius 2 is 1.16 bits per heavy atom. The maximum atomic E-state index is 15.5. The summed E-state index contributed by atoms with van der Waals surface area (Å²) in [5.74, 6) is -0.183. The minimum atomic E-state index is -0.595. The molecule has 0 aliphatic heterocycles. The van der Waals surface area contributed by atoms with Crippen LogP contribution < -0.4 is 0 Å². The predicted octanol–water partition coefficient (Wildman–Crippen LogP) is 8.10. The van der Waals surface area contributed by atoms with E-state index in [0.717, 1.165) is 37.7 Å². The third-order valence-electron chi connectivity index (χ3n) is 6.47. The number of halogens is 2. The first kappa shape index (κ1) is 18.5. The molecular weight excluding hydrogens is 447 g/mol. The van der Waals surface area contributed by atoms with Gasteiger partial charge in [-0.05, 0) is 57.0 Å². The molecule has 0 radical (unpaired) electrons. The molecule has 0 spiro atoms. The minimum Gasteiger partial charge on any atom is -0.206 e. The van der Waals surface area contributed by atoms with E-state index < -0.39 is 5.41 Å². The SMILES string of the molecule is Fc1cc2c(c3ccccc13)-c1ccc(Br)cc1C2(c1ccccc1)c1ccccc1. The number of hydrogen-bond donors (Lipinski definition) is 0. The molecule has 1 aliphatic rings. The molecule has 0 saturated carbocycles. The zero-order valence-electron chi connectivity index (χ0n) is 16.6. The van der Waals surface area contributed by atoms with Crippen molar-refractivity contribution in [1.82, 2.24) is 0 Å². The summed E-state index contributed by atoms with van der Waals surface area (Å²) in [6.07, 6.45) is 0. The smallest absolute Gasteiger partial charge is 0.131 e. The van der Waals surface area contributed by atoms with Crippen LogP contribution in [-0.2, 0) is 5.41 Å². The highest BCUT2D eigenvalue weighted by Crippen LogP contribution is 2.58. The van der Waals surface area contributed by atoms with E-state index >= 15 is 4.39 Å². The van der Waals surface area contributed by atoms with Crippen molar-refractivity contribution in [2.75, 3.05) is 0 Å². The molecule has 2 heteroatoms. The van der Waals surface area contributed by atoms with Gasteiger partial charge in [-0.25, -0.2) is 4.39 Å². The van der Waals surface area contributed by atoms with Crippen molar-refractivity contribution in [2.24, 2.45) is 0 Å². The normalized spacial score (nSPS) is 13.7. The summed E-state index contributed by atoms with van der Waals surface area (Å²) >= 11 is 3.70. The van der Waals surface area contributed by atoms with Crippen LogP contribution in [-0.4, -0.2) is 0 Å². The fourth-order valence-corrected chi connectivity index (χ4v) is 5.63. The van der Waals surface area contributed by atoms with E-state index in [1.54, 1.807) is 6.07 Å². The third kappa shape index (κ3) is 2.52. The van der Waals surface area contributed by atoms with Gasteiger partial charge in [-0.15, -0.1) is 0 Å². The van der Waals surface area contributed by atoms with Gasteiger partial charge in [0.05, 0.1) is 5.41 Å². The molecular formula is C29H18BrF. The first-order chi connectivity index (χ1) is 15.2. The largest absolute Gasteiger partial charge is 0.206 e. The van der Waals surface area contributed by atoms with Crippen molar-refractivity contribution >= 4 is 26.7 Å². The Bertz CT molecular complexity index is 1400. The molecule has 0 atom stereocenters. The van der Waals surface area contributed by atoms with Crippen molar-refractivity contribution in [2.45, 2.75) is 5.41 Å². The first-order valence-electron chi connectivity index (χ1n) is 10.3. The Labute approximate surface area is 189 Å². The van der Waals surface area contributed by atoms with E-state index in [1.165, 1.54) is 5.56 Å². The molecule has 0 nitrogen and oxygen atoms in total. The summed E-state index contributed by atoms with van der Waals surface area (Å²) in [6.45, 7) is 0. The summed E-state index contributed by atoms with van der Waals surface area (Å²) < 4.78 is 16.5. The Hall–Kier alpha value is -3.23. The van der Waals surface area contributed by atoms with Gasteiger partial charge < -0.3 is 0 Å².